The second-order valence-corrected chi connectivity index (χ2v) is 9.59. The van der Waals surface area contributed by atoms with E-state index in [-0.39, 0.29) is 29.9 Å². The molecule has 1 saturated heterocycles. The fraction of sp³-hybridized carbons (Fsp3) is 0.267. The van der Waals surface area contributed by atoms with E-state index in [2.05, 4.69) is 5.32 Å². The largest absolute Gasteiger partial charge is 0.493 e. The molecular weight excluding hydrogens is 512 g/mol. The zero-order valence-electron chi connectivity index (χ0n) is 22.4. The Bertz CT molecular complexity index is 1670. The van der Waals surface area contributed by atoms with E-state index in [1.54, 1.807) is 48.5 Å². The Morgan fingerprint density at radius 3 is 2.15 bits per heavy atom. The molecule has 1 aliphatic rings. The van der Waals surface area contributed by atoms with Crippen LogP contribution in [0.15, 0.2) is 76.3 Å². The lowest BCUT2D eigenvalue weighted by atomic mass is 10.1. The predicted molar refractivity (Wildman–Crippen MR) is 151 cm³/mol. The van der Waals surface area contributed by atoms with E-state index in [1.165, 1.54) is 30.9 Å². The average molecular weight is 543 g/mol. The minimum absolute atomic E-state index is 0.0280. The number of ether oxygens (including phenoxy) is 2. The lowest BCUT2D eigenvalue weighted by Crippen LogP contribution is -2.42. The fourth-order valence-corrected chi connectivity index (χ4v) is 4.94. The molecule has 0 aliphatic carbocycles. The summed E-state index contributed by atoms with van der Waals surface area (Å²) in [5, 5.41) is 2.98. The molecule has 1 N–H and O–H groups in total. The van der Waals surface area contributed by atoms with Gasteiger partial charge in [-0.2, -0.15) is 0 Å². The molecule has 0 unspecified atom stereocenters. The van der Waals surface area contributed by atoms with Crippen LogP contribution in [0.3, 0.4) is 0 Å². The molecule has 0 radical (unpaired) electrons. The van der Waals surface area contributed by atoms with Crippen LogP contribution in [0.4, 0.5) is 5.69 Å². The fourth-order valence-electron chi connectivity index (χ4n) is 4.94. The molecule has 206 valence electrons. The second-order valence-electron chi connectivity index (χ2n) is 9.59. The minimum atomic E-state index is -0.648. The Labute approximate surface area is 230 Å². The molecule has 40 heavy (non-hydrogen) atoms. The number of methoxy groups -OCH3 is 2. The molecule has 0 bridgehead atoms. The first-order valence-corrected chi connectivity index (χ1v) is 13.0. The third-order valence-corrected chi connectivity index (χ3v) is 7.02. The van der Waals surface area contributed by atoms with E-state index >= 15 is 0 Å². The van der Waals surface area contributed by atoms with Crippen LogP contribution in [-0.4, -0.2) is 53.2 Å². The Kier molecular flexibility index (Phi) is 7.68. The molecule has 0 atom stereocenters. The number of para-hydroxylation sites is 1. The Balaban J connectivity index is 1.54. The molecule has 1 aromatic heterocycles. The smallest absolute Gasteiger partial charge is 0.332 e. The summed E-state index contributed by atoms with van der Waals surface area (Å²) in [7, 11) is 2.91. The minimum Gasteiger partial charge on any atom is -0.493 e. The SMILES string of the molecule is COc1cc2c(=O)n(Cc3ccc(C(=O)N4CCCC4)cc3)c(=O)n(CC(=O)Nc3ccccc3)c2cc1OC. The molecule has 1 fully saturated rings. The number of carbonyl (C=O) groups is 2. The van der Waals surface area contributed by atoms with E-state index in [4.69, 9.17) is 9.47 Å². The van der Waals surface area contributed by atoms with Crippen LogP contribution in [0.1, 0.15) is 28.8 Å². The second kappa shape index (κ2) is 11.5. The highest BCUT2D eigenvalue weighted by Crippen LogP contribution is 2.30. The summed E-state index contributed by atoms with van der Waals surface area (Å²) in [6.45, 7) is 1.13. The molecule has 4 aromatic rings. The first kappa shape index (κ1) is 26.7. The van der Waals surface area contributed by atoms with Crippen LogP contribution in [0.2, 0.25) is 0 Å². The molecule has 10 heteroatoms. The van der Waals surface area contributed by atoms with Crippen molar-refractivity contribution in [3.63, 3.8) is 0 Å². The molecule has 0 spiro atoms. The van der Waals surface area contributed by atoms with Crippen molar-refractivity contribution in [3.05, 3.63) is 98.7 Å². The number of nitrogens with one attached hydrogen (secondary N) is 1. The van der Waals surface area contributed by atoms with Crippen LogP contribution >= 0.6 is 0 Å². The maximum Gasteiger partial charge on any atom is 0.332 e. The van der Waals surface area contributed by atoms with Gasteiger partial charge in [-0.05, 0) is 48.7 Å². The predicted octanol–water partition coefficient (Wildman–Crippen LogP) is 3.10. The van der Waals surface area contributed by atoms with Crippen molar-refractivity contribution < 1.29 is 19.1 Å². The topological polar surface area (TPSA) is 112 Å². The van der Waals surface area contributed by atoms with Gasteiger partial charge in [0.1, 0.15) is 6.54 Å². The van der Waals surface area contributed by atoms with Gasteiger partial charge in [-0.1, -0.05) is 30.3 Å². The quantitative estimate of drug-likeness (QED) is 0.366. The van der Waals surface area contributed by atoms with Crippen LogP contribution in [0.25, 0.3) is 10.9 Å². The summed E-state index contributed by atoms with van der Waals surface area (Å²) in [5.74, 6) is 0.184. The highest BCUT2D eigenvalue weighted by molar-refractivity contribution is 5.94. The van der Waals surface area contributed by atoms with Gasteiger partial charge in [0.15, 0.2) is 11.5 Å². The van der Waals surface area contributed by atoms with Crippen molar-refractivity contribution in [1.82, 2.24) is 14.0 Å². The van der Waals surface area contributed by atoms with E-state index in [0.29, 0.717) is 28.3 Å². The number of fused-ring (bicyclic) bond motifs is 1. The van der Waals surface area contributed by atoms with Crippen LogP contribution in [0.5, 0.6) is 11.5 Å². The van der Waals surface area contributed by atoms with Gasteiger partial charge < -0.3 is 19.7 Å². The number of hydrogen-bond acceptors (Lipinski definition) is 6. The monoisotopic (exact) mass is 542 g/mol. The Morgan fingerprint density at radius 1 is 0.850 bits per heavy atom. The number of hydrogen-bond donors (Lipinski definition) is 1. The van der Waals surface area contributed by atoms with Crippen molar-refractivity contribution in [2.45, 2.75) is 25.9 Å². The van der Waals surface area contributed by atoms with E-state index in [1.807, 2.05) is 11.0 Å². The van der Waals surface area contributed by atoms with Gasteiger partial charge in [0, 0.05) is 30.4 Å². The van der Waals surface area contributed by atoms with Gasteiger partial charge >= 0.3 is 5.69 Å². The van der Waals surface area contributed by atoms with E-state index < -0.39 is 17.2 Å². The Morgan fingerprint density at radius 2 is 1.50 bits per heavy atom. The molecule has 0 saturated carbocycles. The van der Waals surface area contributed by atoms with Crippen LogP contribution in [-0.2, 0) is 17.9 Å². The first-order valence-electron chi connectivity index (χ1n) is 13.0. The summed E-state index contributed by atoms with van der Waals surface area (Å²) in [4.78, 5) is 54.8. The van der Waals surface area contributed by atoms with Gasteiger partial charge in [0.25, 0.3) is 11.5 Å². The highest BCUT2D eigenvalue weighted by atomic mass is 16.5. The molecule has 2 heterocycles. The summed E-state index contributed by atoms with van der Waals surface area (Å²) >= 11 is 0. The van der Waals surface area contributed by atoms with Crippen molar-refractivity contribution in [3.8, 4) is 11.5 Å². The summed E-state index contributed by atoms with van der Waals surface area (Å²) in [5.41, 5.74) is 0.878. The lowest BCUT2D eigenvalue weighted by molar-refractivity contribution is -0.116. The van der Waals surface area contributed by atoms with Crippen molar-refractivity contribution >= 4 is 28.4 Å². The highest BCUT2D eigenvalue weighted by Gasteiger charge is 2.21. The zero-order valence-corrected chi connectivity index (χ0v) is 22.4. The number of likely N-dealkylation sites (tertiary alicyclic amines) is 1. The maximum absolute atomic E-state index is 13.7. The molecule has 1 aliphatic heterocycles. The molecule has 3 aromatic carbocycles. The summed E-state index contributed by atoms with van der Waals surface area (Å²) in [6, 6.07) is 18.8. The Hall–Kier alpha value is -4.86. The van der Waals surface area contributed by atoms with Gasteiger partial charge in [0.05, 0.1) is 31.7 Å². The normalized spacial score (nSPS) is 12.9. The van der Waals surface area contributed by atoms with Crippen LogP contribution in [0, 0.1) is 0 Å². The van der Waals surface area contributed by atoms with Gasteiger partial charge in [-0.3, -0.25) is 23.5 Å². The number of aromatic nitrogens is 2. The third kappa shape index (κ3) is 5.33. The maximum atomic E-state index is 13.7. The van der Waals surface area contributed by atoms with Gasteiger partial charge in [0.2, 0.25) is 5.91 Å². The zero-order chi connectivity index (χ0) is 28.2. The number of rotatable bonds is 8. The molecule has 5 rings (SSSR count). The van der Waals surface area contributed by atoms with E-state index in [0.717, 1.165) is 30.5 Å². The van der Waals surface area contributed by atoms with Crippen LogP contribution < -0.4 is 26.0 Å². The standard InChI is InChI=1S/C30H30N4O6/c1-39-25-16-23-24(17-26(25)40-2)33(19-27(35)31-22-8-4-3-5-9-22)30(38)34(29(23)37)18-20-10-12-21(13-11-20)28(36)32-14-6-7-15-32/h3-5,8-13,16-17H,6-7,14-15,18-19H2,1-2H3,(H,31,35). The molecule has 10 nitrogen and oxygen atoms in total. The third-order valence-electron chi connectivity index (χ3n) is 7.02. The first-order chi connectivity index (χ1) is 19.4. The van der Waals surface area contributed by atoms with Crippen molar-refractivity contribution in [1.29, 1.82) is 0 Å². The number of anilines is 1. The lowest BCUT2D eigenvalue weighted by Gasteiger charge is -2.17. The molecule has 2 amide bonds. The number of nitrogens with zero attached hydrogens (tertiary/aromatic N) is 3. The molecular formula is C30H30N4O6. The van der Waals surface area contributed by atoms with Crippen molar-refractivity contribution in [2.24, 2.45) is 0 Å². The number of benzene rings is 3. The van der Waals surface area contributed by atoms with Gasteiger partial charge in [-0.25, -0.2) is 4.79 Å². The van der Waals surface area contributed by atoms with Gasteiger partial charge in [-0.15, -0.1) is 0 Å². The van der Waals surface area contributed by atoms with Crippen molar-refractivity contribution in [2.75, 3.05) is 32.6 Å². The van der Waals surface area contributed by atoms with E-state index in [9.17, 15) is 19.2 Å². The summed E-state index contributed by atoms with van der Waals surface area (Å²) < 4.78 is 13.1. The summed E-state index contributed by atoms with van der Waals surface area (Å²) in [6.07, 6.45) is 2.00. The number of amides is 2. The average Bonchev–Trinajstić information content (AvgIpc) is 3.52. The number of carbonyl (C=O) groups excluding carboxylic acids is 2.